The average molecular weight is 851 g/mol. The van der Waals surface area contributed by atoms with Crippen LogP contribution in [0.3, 0.4) is 0 Å². The Hall–Kier alpha value is -2.92. The molecule has 62 heavy (non-hydrogen) atoms. The molecule has 0 spiro atoms. The second-order valence-electron chi connectivity index (χ2n) is 22.9. The minimum Gasteiger partial charge on any atom is -0.393 e. The molecule has 5 nitrogen and oxygen atoms in total. The lowest BCUT2D eigenvalue weighted by Crippen LogP contribution is -2.69. The van der Waals surface area contributed by atoms with Crippen LogP contribution in [0.15, 0.2) is 84.6 Å². The summed E-state index contributed by atoms with van der Waals surface area (Å²) < 4.78 is 0. The van der Waals surface area contributed by atoms with Crippen LogP contribution in [0.5, 0.6) is 0 Å². The zero-order chi connectivity index (χ0) is 45.5. The van der Waals surface area contributed by atoms with Crippen molar-refractivity contribution in [2.75, 3.05) is 0 Å². The molecule has 2 amide bonds. The summed E-state index contributed by atoms with van der Waals surface area (Å²) in [5, 5.41) is 18.1. The van der Waals surface area contributed by atoms with Crippen molar-refractivity contribution in [3.63, 3.8) is 0 Å². The zero-order valence-corrected chi connectivity index (χ0v) is 41.4. The number of hydrogen-bond acceptors (Lipinski definition) is 3. The number of amides is 2. The predicted molar refractivity (Wildman–Crippen MR) is 262 cm³/mol. The second kappa shape index (κ2) is 20.5. The van der Waals surface area contributed by atoms with Crippen LogP contribution in [0, 0.1) is 50.7 Å². The molecule has 0 bridgehead atoms. The van der Waals surface area contributed by atoms with Crippen LogP contribution in [-0.2, 0) is 9.59 Å². The number of carbonyl (C=O) groups is 2. The van der Waals surface area contributed by atoms with Gasteiger partial charge >= 0.3 is 0 Å². The van der Waals surface area contributed by atoms with Gasteiger partial charge in [-0.3, -0.25) is 9.59 Å². The van der Waals surface area contributed by atoms with Crippen molar-refractivity contribution in [3.05, 3.63) is 84.6 Å². The van der Waals surface area contributed by atoms with Gasteiger partial charge in [0.1, 0.15) is 0 Å². The number of allylic oxidation sites excluding steroid dienone is 14. The molecule has 0 aromatic heterocycles. The SMILES string of the molecule is CC/C=C\C/C=C\C/C=C\C/C=C\C/C=C\C/C=C\CCC(=O)NC(C)(C)C(C)(C)NC(=O)C12CCCC(C)C1C1=CCC3C4(C)CCC(O)C(C)(C)C4CCC3(C)[C@]1(C)CC2. The Balaban J connectivity index is 1.13. The molecule has 3 N–H and O–H groups in total. The minimum absolute atomic E-state index is 0.0158. The van der Waals surface area contributed by atoms with Crippen molar-refractivity contribution in [3.8, 4) is 0 Å². The van der Waals surface area contributed by atoms with Gasteiger partial charge in [-0.05, 0) is 169 Å². The highest BCUT2D eigenvalue weighted by Crippen LogP contribution is 2.75. The van der Waals surface area contributed by atoms with E-state index in [2.05, 4.69) is 166 Å². The van der Waals surface area contributed by atoms with Crippen LogP contribution in [0.2, 0.25) is 0 Å². The summed E-state index contributed by atoms with van der Waals surface area (Å²) in [6, 6.07) is 0. The number of rotatable bonds is 18. The molecule has 5 aliphatic rings. The van der Waals surface area contributed by atoms with Crippen LogP contribution in [-0.4, -0.2) is 34.1 Å². The maximum atomic E-state index is 15.1. The molecule has 8 unspecified atom stereocenters. The first kappa shape index (κ1) is 50.1. The first-order chi connectivity index (χ1) is 29.2. The summed E-state index contributed by atoms with van der Waals surface area (Å²) in [7, 11) is 0. The lowest BCUT2D eigenvalue weighted by atomic mass is 9.33. The number of aliphatic hydroxyl groups excluding tert-OH is 1. The third kappa shape index (κ3) is 10.1. The molecule has 4 fully saturated rings. The molecule has 0 radical (unpaired) electrons. The Morgan fingerprint density at radius 2 is 1.24 bits per heavy atom. The van der Waals surface area contributed by atoms with E-state index >= 15 is 4.79 Å². The summed E-state index contributed by atoms with van der Waals surface area (Å²) in [5.74, 6) is 1.99. The molecule has 4 saturated carbocycles. The van der Waals surface area contributed by atoms with Gasteiger partial charge in [-0.2, -0.15) is 0 Å². The smallest absolute Gasteiger partial charge is 0.227 e. The fourth-order valence-electron chi connectivity index (χ4n) is 13.7. The van der Waals surface area contributed by atoms with Crippen LogP contribution < -0.4 is 10.6 Å². The highest BCUT2D eigenvalue weighted by Gasteiger charge is 2.69. The van der Waals surface area contributed by atoms with Gasteiger partial charge in [-0.25, -0.2) is 0 Å². The van der Waals surface area contributed by atoms with Gasteiger partial charge in [-0.1, -0.05) is 146 Å². The standard InChI is InChI=1S/C57H90N2O3/c1-12-13-14-15-16-17-18-19-20-21-22-23-24-25-26-27-28-29-30-33-48(61)58-52(5,6)53(7,8)59-50(62)57-38-31-32-43(2)49(57)44-34-35-46-54(9)39-37-47(60)51(3,4)45(54)36-40-56(46,11)55(44,10)41-42-57/h13-14,16-17,19-20,22-23,25-26,28-29,34,43,45-47,49,60H,12,15,18,21,24,27,30-33,35-42H2,1-11H3,(H,58,61)(H,59,62)/b14-13-,17-16-,20-19-,23-22-,26-25-,29-28-/t43?,45?,46?,47?,49?,54?,55-,56?,57?/m1/s1. The van der Waals surface area contributed by atoms with Crippen molar-refractivity contribution >= 4 is 11.8 Å². The molecular formula is C57H90N2O3. The largest absolute Gasteiger partial charge is 0.393 e. The van der Waals surface area contributed by atoms with Gasteiger partial charge in [0.05, 0.1) is 22.6 Å². The summed E-state index contributed by atoms with van der Waals surface area (Å²) in [6.07, 6.45) is 46.4. The van der Waals surface area contributed by atoms with Gasteiger partial charge in [0.25, 0.3) is 0 Å². The minimum atomic E-state index is -0.655. The van der Waals surface area contributed by atoms with Crippen LogP contribution in [0.4, 0.5) is 0 Å². The first-order valence-electron chi connectivity index (χ1n) is 25.2. The molecule has 5 rings (SSSR count). The Morgan fingerprint density at radius 1 is 0.694 bits per heavy atom. The third-order valence-corrected chi connectivity index (χ3v) is 18.4. The summed E-state index contributed by atoms with van der Waals surface area (Å²) in [4.78, 5) is 28.4. The third-order valence-electron chi connectivity index (χ3n) is 18.4. The van der Waals surface area contributed by atoms with Crippen LogP contribution in [0.1, 0.15) is 192 Å². The normalized spacial score (nSPS) is 35.0. The number of fused-ring (bicyclic) bond motifs is 7. The maximum absolute atomic E-state index is 15.1. The van der Waals surface area contributed by atoms with Crippen molar-refractivity contribution in [1.29, 1.82) is 0 Å². The molecule has 0 aromatic rings. The Kier molecular flexibility index (Phi) is 16.6. The van der Waals surface area contributed by atoms with Crippen molar-refractivity contribution in [1.82, 2.24) is 10.6 Å². The summed E-state index contributed by atoms with van der Waals surface area (Å²) in [6.45, 7) is 25.3. The van der Waals surface area contributed by atoms with Gasteiger partial charge in [-0.15, -0.1) is 0 Å². The first-order valence-corrected chi connectivity index (χ1v) is 25.2. The van der Waals surface area contributed by atoms with E-state index in [0.717, 1.165) is 83.5 Å². The molecule has 346 valence electrons. The zero-order valence-electron chi connectivity index (χ0n) is 41.4. The van der Waals surface area contributed by atoms with E-state index in [4.69, 9.17) is 0 Å². The molecule has 5 aliphatic carbocycles. The van der Waals surface area contributed by atoms with E-state index in [9.17, 15) is 9.90 Å². The Bertz CT molecular complexity index is 1760. The monoisotopic (exact) mass is 851 g/mol. The second-order valence-corrected chi connectivity index (χ2v) is 22.9. The fourth-order valence-corrected chi connectivity index (χ4v) is 13.7. The molecular weight excluding hydrogens is 761 g/mol. The van der Waals surface area contributed by atoms with Crippen molar-refractivity contribution in [2.24, 2.45) is 50.7 Å². The Labute approximate surface area is 380 Å². The quantitative estimate of drug-likeness (QED) is 0.120. The van der Waals surface area contributed by atoms with E-state index in [0.29, 0.717) is 30.6 Å². The lowest BCUT2D eigenvalue weighted by Gasteiger charge is -2.71. The predicted octanol–water partition coefficient (Wildman–Crippen LogP) is 14.0. The molecule has 9 atom stereocenters. The van der Waals surface area contributed by atoms with E-state index in [1.54, 1.807) is 5.57 Å². The van der Waals surface area contributed by atoms with Gasteiger partial charge < -0.3 is 15.7 Å². The molecule has 5 heteroatoms. The molecule has 0 saturated heterocycles. The van der Waals surface area contributed by atoms with Crippen molar-refractivity contribution < 1.29 is 14.7 Å². The average Bonchev–Trinajstić information content (AvgIpc) is 3.20. The summed E-state index contributed by atoms with van der Waals surface area (Å²) >= 11 is 0. The topological polar surface area (TPSA) is 78.4 Å². The van der Waals surface area contributed by atoms with Gasteiger partial charge in [0, 0.05) is 6.42 Å². The van der Waals surface area contributed by atoms with E-state index in [1.165, 1.54) is 19.3 Å². The summed E-state index contributed by atoms with van der Waals surface area (Å²) in [5.41, 5.74) is 0.211. The van der Waals surface area contributed by atoms with Crippen molar-refractivity contribution in [2.45, 2.75) is 209 Å². The molecule has 0 aliphatic heterocycles. The number of aliphatic hydroxyl groups is 1. The molecule has 0 aromatic carbocycles. The van der Waals surface area contributed by atoms with E-state index < -0.39 is 16.5 Å². The van der Waals surface area contributed by atoms with Gasteiger partial charge in [0.15, 0.2) is 0 Å². The van der Waals surface area contributed by atoms with Crippen LogP contribution in [0.25, 0.3) is 0 Å². The van der Waals surface area contributed by atoms with Crippen LogP contribution >= 0.6 is 0 Å². The highest BCUT2D eigenvalue weighted by atomic mass is 16.3. The highest BCUT2D eigenvalue weighted by molar-refractivity contribution is 5.85. The number of nitrogens with one attached hydrogen (secondary N) is 2. The van der Waals surface area contributed by atoms with E-state index in [1.807, 2.05) is 0 Å². The fraction of sp³-hybridized carbons (Fsp3) is 0.719. The maximum Gasteiger partial charge on any atom is 0.227 e. The number of hydrogen-bond donors (Lipinski definition) is 3. The van der Waals surface area contributed by atoms with Gasteiger partial charge in [0.2, 0.25) is 11.8 Å². The Morgan fingerprint density at radius 3 is 1.82 bits per heavy atom. The van der Waals surface area contributed by atoms with E-state index in [-0.39, 0.29) is 45.5 Å². The number of carbonyl (C=O) groups excluding carboxylic acids is 2. The lowest BCUT2D eigenvalue weighted by molar-refractivity contribution is -0.204. The molecule has 0 heterocycles.